The zero-order valence-electron chi connectivity index (χ0n) is 35.7. The normalized spacial score (nSPS) is 11.9. The molecule has 1 N–H and O–H groups in total. The monoisotopic (exact) mass is 766 g/mol. The summed E-state index contributed by atoms with van der Waals surface area (Å²) in [7, 11) is 0. The molecule has 0 aromatic heterocycles. The van der Waals surface area contributed by atoms with Crippen LogP contribution in [-0.4, -0.2) is 80.9 Å². The van der Waals surface area contributed by atoms with Gasteiger partial charge in [0.1, 0.15) is 0 Å². The highest BCUT2D eigenvalue weighted by molar-refractivity contribution is 5.69. The molecule has 0 spiro atoms. The van der Waals surface area contributed by atoms with Gasteiger partial charge < -0.3 is 29.0 Å². The molecule has 0 aromatic carbocycles. The molecule has 0 aliphatic heterocycles. The molecule has 0 bridgehead atoms. The van der Waals surface area contributed by atoms with E-state index in [1.54, 1.807) is 0 Å². The van der Waals surface area contributed by atoms with Crippen molar-refractivity contribution in [3.63, 3.8) is 0 Å². The number of aliphatic hydroxyl groups is 1. The Morgan fingerprint density at radius 2 is 0.944 bits per heavy atom. The van der Waals surface area contributed by atoms with Crippen LogP contribution in [0.5, 0.6) is 0 Å². The Bertz CT molecular complexity index is 825. The van der Waals surface area contributed by atoms with E-state index < -0.39 is 0 Å². The molecular weight excluding hydrogens is 679 g/mol. The number of ether oxygens (including phenoxy) is 4. The standard InChI is InChI=1S/C46H87NO7/c1-4-7-10-13-16-23-28-40-51-44(49)33-25-18-17-19-26-36-47(38-32-39-48)37-27-20-24-29-41-52-45(50)34-35-46(53-42-30-21-14-11-8-5-2)54-43-31-22-15-12-9-6-3/h8-9,11-12,46,48H,4-7,10,13-43H2,1-3H3/b11-8-,12-9-. The summed E-state index contributed by atoms with van der Waals surface area (Å²) in [4.78, 5) is 27.0. The van der Waals surface area contributed by atoms with Crippen LogP contribution in [0, 0.1) is 0 Å². The van der Waals surface area contributed by atoms with Gasteiger partial charge in [0, 0.05) is 39.2 Å². The topological polar surface area (TPSA) is 94.5 Å². The fourth-order valence-electron chi connectivity index (χ4n) is 6.31. The predicted molar refractivity (Wildman–Crippen MR) is 226 cm³/mol. The van der Waals surface area contributed by atoms with E-state index in [1.807, 2.05) is 0 Å². The summed E-state index contributed by atoms with van der Waals surface area (Å²) in [5.41, 5.74) is 0. The first kappa shape index (κ1) is 52.3. The maximum absolute atomic E-state index is 12.5. The van der Waals surface area contributed by atoms with Crippen molar-refractivity contribution in [1.82, 2.24) is 4.90 Å². The average Bonchev–Trinajstić information content (AvgIpc) is 3.17. The molecule has 0 radical (unpaired) electrons. The largest absolute Gasteiger partial charge is 0.466 e. The molecule has 8 nitrogen and oxygen atoms in total. The fourth-order valence-corrected chi connectivity index (χ4v) is 6.31. The van der Waals surface area contributed by atoms with Gasteiger partial charge in [0.15, 0.2) is 6.29 Å². The molecule has 0 fully saturated rings. The molecule has 8 heteroatoms. The molecule has 0 amide bonds. The summed E-state index contributed by atoms with van der Waals surface area (Å²) in [6, 6.07) is 0. The van der Waals surface area contributed by atoms with E-state index in [0.717, 1.165) is 142 Å². The van der Waals surface area contributed by atoms with E-state index in [-0.39, 0.29) is 24.8 Å². The average molecular weight is 766 g/mol. The molecular formula is C46H87NO7. The van der Waals surface area contributed by atoms with Crippen LogP contribution in [0.15, 0.2) is 24.3 Å². The second-order valence-corrected chi connectivity index (χ2v) is 14.9. The lowest BCUT2D eigenvalue weighted by molar-refractivity contribution is -0.159. The highest BCUT2D eigenvalue weighted by Crippen LogP contribution is 2.13. The zero-order valence-corrected chi connectivity index (χ0v) is 35.7. The van der Waals surface area contributed by atoms with Crippen molar-refractivity contribution in [1.29, 1.82) is 0 Å². The van der Waals surface area contributed by atoms with Crippen LogP contribution < -0.4 is 0 Å². The number of nitrogens with zero attached hydrogens (tertiary/aromatic N) is 1. The molecule has 318 valence electrons. The van der Waals surface area contributed by atoms with Crippen LogP contribution >= 0.6 is 0 Å². The molecule has 0 aliphatic rings. The molecule has 0 saturated heterocycles. The van der Waals surface area contributed by atoms with E-state index in [9.17, 15) is 14.7 Å². The number of carbonyl (C=O) groups is 2. The number of esters is 2. The van der Waals surface area contributed by atoms with Gasteiger partial charge in [-0.25, -0.2) is 0 Å². The summed E-state index contributed by atoms with van der Waals surface area (Å²) in [6.07, 6.45) is 37.4. The second kappa shape index (κ2) is 44.0. The number of hydrogen-bond acceptors (Lipinski definition) is 8. The van der Waals surface area contributed by atoms with Gasteiger partial charge in [-0.05, 0) is 103 Å². The van der Waals surface area contributed by atoms with Crippen molar-refractivity contribution in [2.24, 2.45) is 0 Å². The Balaban J connectivity index is 4.06. The van der Waals surface area contributed by atoms with Gasteiger partial charge in [-0.3, -0.25) is 9.59 Å². The van der Waals surface area contributed by atoms with Gasteiger partial charge in [-0.15, -0.1) is 0 Å². The minimum Gasteiger partial charge on any atom is -0.466 e. The molecule has 0 unspecified atom stereocenters. The van der Waals surface area contributed by atoms with Crippen molar-refractivity contribution in [3.8, 4) is 0 Å². The van der Waals surface area contributed by atoms with Crippen molar-refractivity contribution in [2.45, 2.75) is 207 Å². The minimum absolute atomic E-state index is 0.0386. The van der Waals surface area contributed by atoms with Crippen LogP contribution in [0.1, 0.15) is 201 Å². The Labute approximate surface area is 333 Å². The molecule has 0 heterocycles. The third kappa shape index (κ3) is 39.9. The third-order valence-electron chi connectivity index (χ3n) is 9.66. The number of carbonyl (C=O) groups excluding carboxylic acids is 2. The summed E-state index contributed by atoms with van der Waals surface area (Å²) in [5, 5.41) is 9.37. The Morgan fingerprint density at radius 3 is 1.46 bits per heavy atom. The maximum Gasteiger partial charge on any atom is 0.305 e. The highest BCUT2D eigenvalue weighted by Gasteiger charge is 2.14. The zero-order chi connectivity index (χ0) is 39.4. The molecule has 0 aromatic rings. The minimum atomic E-state index is -0.358. The quantitative estimate of drug-likeness (QED) is 0.0284. The Morgan fingerprint density at radius 1 is 0.500 bits per heavy atom. The summed E-state index contributed by atoms with van der Waals surface area (Å²) in [5.74, 6) is -0.209. The summed E-state index contributed by atoms with van der Waals surface area (Å²) in [6.45, 7) is 12.1. The van der Waals surface area contributed by atoms with Crippen molar-refractivity contribution < 1.29 is 33.6 Å². The van der Waals surface area contributed by atoms with Gasteiger partial charge in [-0.2, -0.15) is 0 Å². The van der Waals surface area contributed by atoms with E-state index >= 15 is 0 Å². The first-order valence-corrected chi connectivity index (χ1v) is 22.7. The number of allylic oxidation sites excluding steroid dienone is 4. The molecule has 0 saturated carbocycles. The van der Waals surface area contributed by atoms with E-state index in [1.165, 1.54) is 38.5 Å². The molecule has 54 heavy (non-hydrogen) atoms. The van der Waals surface area contributed by atoms with Gasteiger partial charge in [0.05, 0.1) is 19.6 Å². The molecule has 0 aliphatic carbocycles. The maximum atomic E-state index is 12.5. The number of rotatable bonds is 43. The van der Waals surface area contributed by atoms with Gasteiger partial charge in [-0.1, -0.05) is 116 Å². The van der Waals surface area contributed by atoms with E-state index in [0.29, 0.717) is 45.7 Å². The Kier molecular flexibility index (Phi) is 42.6. The number of aliphatic hydroxyl groups excluding tert-OH is 1. The summed E-state index contributed by atoms with van der Waals surface area (Å²) < 4.78 is 23.0. The third-order valence-corrected chi connectivity index (χ3v) is 9.66. The number of unbranched alkanes of at least 4 members (excludes halogenated alkanes) is 17. The lowest BCUT2D eigenvalue weighted by Crippen LogP contribution is -2.28. The molecule has 0 atom stereocenters. The van der Waals surface area contributed by atoms with Gasteiger partial charge in [0.2, 0.25) is 0 Å². The first-order chi connectivity index (χ1) is 26.6. The lowest BCUT2D eigenvalue weighted by atomic mass is 10.1. The first-order valence-electron chi connectivity index (χ1n) is 22.7. The van der Waals surface area contributed by atoms with Crippen molar-refractivity contribution >= 4 is 11.9 Å². The predicted octanol–water partition coefficient (Wildman–Crippen LogP) is 11.8. The van der Waals surface area contributed by atoms with Crippen LogP contribution in [0.25, 0.3) is 0 Å². The van der Waals surface area contributed by atoms with E-state index in [2.05, 4.69) is 50.0 Å². The van der Waals surface area contributed by atoms with Crippen molar-refractivity contribution in [3.05, 3.63) is 24.3 Å². The van der Waals surface area contributed by atoms with Crippen LogP contribution in [0.4, 0.5) is 0 Å². The lowest BCUT2D eigenvalue weighted by Gasteiger charge is -2.22. The molecule has 0 rings (SSSR count). The Hall–Kier alpha value is -1.74. The SMILES string of the molecule is CC/C=C\CCCCOC(CCC(=O)OCCCCCCN(CCCO)CCCCCCCC(=O)OCCCCCCCCC)OCCCC/C=C\CC. The summed E-state index contributed by atoms with van der Waals surface area (Å²) >= 11 is 0. The fraction of sp³-hybridized carbons (Fsp3) is 0.870. The van der Waals surface area contributed by atoms with Gasteiger partial charge >= 0.3 is 11.9 Å². The number of hydrogen-bond donors (Lipinski definition) is 1. The highest BCUT2D eigenvalue weighted by atomic mass is 16.7. The second-order valence-electron chi connectivity index (χ2n) is 14.9. The van der Waals surface area contributed by atoms with E-state index in [4.69, 9.17) is 18.9 Å². The van der Waals surface area contributed by atoms with Crippen LogP contribution in [-0.2, 0) is 28.5 Å². The smallest absolute Gasteiger partial charge is 0.305 e. The van der Waals surface area contributed by atoms with Crippen LogP contribution in [0.3, 0.4) is 0 Å². The van der Waals surface area contributed by atoms with Crippen LogP contribution in [0.2, 0.25) is 0 Å². The van der Waals surface area contributed by atoms with Crippen molar-refractivity contribution in [2.75, 3.05) is 52.7 Å². The van der Waals surface area contributed by atoms with Gasteiger partial charge in [0.25, 0.3) is 0 Å².